The molecule has 3 unspecified atom stereocenters. The number of ether oxygens (including phenoxy) is 1. The van der Waals surface area contributed by atoms with Crippen molar-refractivity contribution < 1.29 is 17.9 Å². The van der Waals surface area contributed by atoms with E-state index in [0.717, 1.165) is 41.0 Å². The van der Waals surface area contributed by atoms with Gasteiger partial charge in [-0.15, -0.1) is 0 Å². The van der Waals surface area contributed by atoms with Crippen LogP contribution in [0.1, 0.15) is 12.0 Å². The summed E-state index contributed by atoms with van der Waals surface area (Å²) in [5.41, 5.74) is 2.49. The van der Waals surface area contributed by atoms with E-state index in [0.29, 0.717) is 23.8 Å². The Morgan fingerprint density at radius 2 is 2.00 bits per heavy atom. The molecule has 1 aliphatic rings. The third-order valence-corrected chi connectivity index (χ3v) is 5.96. The van der Waals surface area contributed by atoms with Crippen molar-refractivity contribution in [2.45, 2.75) is 38.5 Å². The van der Waals surface area contributed by atoms with Crippen LogP contribution in [0.15, 0.2) is 49.1 Å². The van der Waals surface area contributed by atoms with Gasteiger partial charge in [0, 0.05) is 24.6 Å². The Morgan fingerprint density at radius 3 is 2.84 bits per heavy atom. The van der Waals surface area contributed by atoms with Gasteiger partial charge in [0.1, 0.15) is 0 Å². The number of hydrogen-bond acceptors (Lipinski definition) is 8. The SMILES string of the molecule is CN(C)CCCn1cc(Nc2ncc3cnn(Cc4cccc(N5CC(F)OC(F)C5F)c4)c3n2)cn1. The molecule has 0 radical (unpaired) electrons. The first kappa shape index (κ1) is 25.0. The molecule has 4 aromatic rings. The smallest absolute Gasteiger partial charge is 0.251 e. The first-order valence-corrected chi connectivity index (χ1v) is 11.9. The Kier molecular flexibility index (Phi) is 7.24. The summed E-state index contributed by atoms with van der Waals surface area (Å²) in [6.45, 7) is 1.70. The molecule has 0 aliphatic carbocycles. The van der Waals surface area contributed by atoms with Crippen molar-refractivity contribution in [1.82, 2.24) is 34.4 Å². The van der Waals surface area contributed by atoms with Gasteiger partial charge in [-0.2, -0.15) is 15.2 Å². The van der Waals surface area contributed by atoms with Crippen LogP contribution in [0.2, 0.25) is 0 Å². The molecule has 1 N–H and O–H groups in total. The molecule has 0 bridgehead atoms. The van der Waals surface area contributed by atoms with E-state index >= 15 is 0 Å². The normalized spacial score (nSPS) is 20.2. The van der Waals surface area contributed by atoms with Crippen LogP contribution >= 0.6 is 0 Å². The van der Waals surface area contributed by atoms with Gasteiger partial charge >= 0.3 is 0 Å². The van der Waals surface area contributed by atoms with Crippen molar-refractivity contribution in [3.63, 3.8) is 0 Å². The zero-order chi connectivity index (χ0) is 25.9. The minimum Gasteiger partial charge on any atom is -0.332 e. The van der Waals surface area contributed by atoms with Gasteiger partial charge < -0.3 is 19.9 Å². The first-order chi connectivity index (χ1) is 17.9. The quantitative estimate of drug-likeness (QED) is 0.339. The number of nitrogens with zero attached hydrogens (tertiary/aromatic N) is 8. The lowest BCUT2D eigenvalue weighted by molar-refractivity contribution is -0.186. The molecular weight excluding hydrogens is 487 g/mol. The van der Waals surface area contributed by atoms with Crippen LogP contribution in [-0.2, 0) is 17.8 Å². The summed E-state index contributed by atoms with van der Waals surface area (Å²) in [5.74, 6) is 0.396. The van der Waals surface area contributed by atoms with Gasteiger partial charge in [-0.25, -0.2) is 22.8 Å². The van der Waals surface area contributed by atoms with E-state index in [4.69, 9.17) is 0 Å². The van der Waals surface area contributed by atoms with E-state index in [-0.39, 0.29) is 0 Å². The van der Waals surface area contributed by atoms with Crippen LogP contribution in [-0.4, -0.2) is 80.6 Å². The molecule has 1 saturated heterocycles. The number of halogens is 3. The Bertz CT molecular complexity index is 1340. The second kappa shape index (κ2) is 10.7. The minimum atomic E-state index is -2.35. The highest BCUT2D eigenvalue weighted by Crippen LogP contribution is 2.28. The predicted molar refractivity (Wildman–Crippen MR) is 133 cm³/mol. The van der Waals surface area contributed by atoms with Gasteiger partial charge in [-0.1, -0.05) is 12.1 Å². The fourth-order valence-electron chi connectivity index (χ4n) is 4.17. The summed E-state index contributed by atoms with van der Waals surface area (Å²) >= 11 is 0. The van der Waals surface area contributed by atoms with Crippen molar-refractivity contribution in [3.05, 3.63) is 54.6 Å². The highest BCUT2D eigenvalue weighted by Gasteiger charge is 2.37. The maximum Gasteiger partial charge on any atom is 0.251 e. The molecule has 0 saturated carbocycles. The minimum absolute atomic E-state index is 0.316. The summed E-state index contributed by atoms with van der Waals surface area (Å²) in [6.07, 6.45) is 1.59. The second-order valence-corrected chi connectivity index (χ2v) is 9.14. The number of nitrogens with one attached hydrogen (secondary N) is 1. The van der Waals surface area contributed by atoms with Crippen LogP contribution in [0.25, 0.3) is 11.0 Å². The van der Waals surface area contributed by atoms with Crippen LogP contribution in [0.3, 0.4) is 0 Å². The summed E-state index contributed by atoms with van der Waals surface area (Å²) in [6, 6.07) is 6.82. The number of hydrogen-bond donors (Lipinski definition) is 1. The van der Waals surface area contributed by atoms with Gasteiger partial charge in [-0.3, -0.25) is 4.68 Å². The number of alkyl halides is 3. The number of fused-ring (bicyclic) bond motifs is 1. The molecule has 3 atom stereocenters. The number of aromatic nitrogens is 6. The molecule has 4 heterocycles. The van der Waals surface area contributed by atoms with Crippen LogP contribution < -0.4 is 10.2 Å². The maximum atomic E-state index is 14.3. The zero-order valence-corrected chi connectivity index (χ0v) is 20.5. The summed E-state index contributed by atoms with van der Waals surface area (Å²) in [4.78, 5) is 12.1. The molecule has 37 heavy (non-hydrogen) atoms. The highest BCUT2D eigenvalue weighted by atomic mass is 19.2. The van der Waals surface area contributed by atoms with Crippen molar-refractivity contribution in [1.29, 1.82) is 0 Å². The van der Waals surface area contributed by atoms with Gasteiger partial charge in [0.15, 0.2) is 5.65 Å². The Morgan fingerprint density at radius 1 is 1.14 bits per heavy atom. The average Bonchev–Trinajstić information content (AvgIpc) is 3.48. The second-order valence-electron chi connectivity index (χ2n) is 9.14. The molecule has 196 valence electrons. The topological polar surface area (TPSA) is 89.2 Å². The van der Waals surface area contributed by atoms with E-state index in [1.54, 1.807) is 41.5 Å². The maximum absolute atomic E-state index is 14.3. The van der Waals surface area contributed by atoms with Gasteiger partial charge in [0.25, 0.3) is 6.36 Å². The predicted octanol–water partition coefficient (Wildman–Crippen LogP) is 3.49. The first-order valence-electron chi connectivity index (χ1n) is 11.9. The van der Waals surface area contributed by atoms with Crippen LogP contribution in [0.5, 0.6) is 0 Å². The van der Waals surface area contributed by atoms with Crippen molar-refractivity contribution in [2.75, 3.05) is 37.4 Å². The fraction of sp³-hybridized carbons (Fsp3) is 0.417. The van der Waals surface area contributed by atoms with E-state index in [1.807, 2.05) is 31.0 Å². The van der Waals surface area contributed by atoms with Crippen molar-refractivity contribution in [2.24, 2.45) is 0 Å². The molecule has 0 amide bonds. The Labute approximate surface area is 211 Å². The van der Waals surface area contributed by atoms with E-state index in [1.165, 1.54) is 0 Å². The molecule has 1 fully saturated rings. The number of rotatable bonds is 9. The Hall–Kier alpha value is -3.71. The number of aryl methyl sites for hydroxylation is 1. The molecule has 0 spiro atoms. The van der Waals surface area contributed by atoms with Crippen LogP contribution in [0, 0.1) is 0 Å². The van der Waals surface area contributed by atoms with Crippen molar-refractivity contribution >= 4 is 28.4 Å². The van der Waals surface area contributed by atoms with Crippen molar-refractivity contribution in [3.8, 4) is 0 Å². The lowest BCUT2D eigenvalue weighted by atomic mass is 10.1. The third-order valence-electron chi connectivity index (χ3n) is 5.96. The standard InChI is InChI=1S/C24H28F3N9O/c1-33(2)7-4-8-34-14-18(12-29-34)31-24-28-10-17-11-30-36(23(17)32-24)13-16-5-3-6-19(9-16)35-15-20(25)37-22(27)21(35)26/h3,5-6,9-12,14,20-22H,4,7-8,13,15H2,1-2H3,(H,28,31,32). The molecular formula is C24H28F3N9O. The largest absolute Gasteiger partial charge is 0.332 e. The molecule has 3 aromatic heterocycles. The number of anilines is 3. The van der Waals surface area contributed by atoms with Crippen LogP contribution in [0.4, 0.5) is 30.5 Å². The third kappa shape index (κ3) is 5.83. The average molecular weight is 516 g/mol. The molecule has 1 aliphatic heterocycles. The lowest BCUT2D eigenvalue weighted by Gasteiger charge is -2.36. The molecule has 10 nitrogen and oxygen atoms in total. The zero-order valence-electron chi connectivity index (χ0n) is 20.5. The molecule has 1 aromatic carbocycles. The lowest BCUT2D eigenvalue weighted by Crippen LogP contribution is -2.50. The Balaban J connectivity index is 1.30. The highest BCUT2D eigenvalue weighted by molar-refractivity contribution is 5.75. The summed E-state index contributed by atoms with van der Waals surface area (Å²) < 4.78 is 49.6. The monoisotopic (exact) mass is 515 g/mol. The number of benzene rings is 1. The molecule has 5 rings (SSSR count). The van der Waals surface area contributed by atoms with Gasteiger partial charge in [-0.05, 0) is 44.8 Å². The summed E-state index contributed by atoms with van der Waals surface area (Å²) in [5, 5.41) is 12.7. The number of morpholine rings is 1. The van der Waals surface area contributed by atoms with E-state index in [9.17, 15) is 13.2 Å². The van der Waals surface area contributed by atoms with Gasteiger partial charge in [0.2, 0.25) is 18.6 Å². The summed E-state index contributed by atoms with van der Waals surface area (Å²) in [7, 11) is 4.08. The van der Waals surface area contributed by atoms with E-state index in [2.05, 4.69) is 35.1 Å². The molecule has 13 heteroatoms. The fourth-order valence-corrected chi connectivity index (χ4v) is 4.17. The van der Waals surface area contributed by atoms with E-state index < -0.39 is 25.6 Å². The van der Waals surface area contributed by atoms with Gasteiger partial charge in [0.05, 0.1) is 36.6 Å².